The van der Waals surface area contributed by atoms with Gasteiger partial charge < -0.3 is 5.32 Å². The highest BCUT2D eigenvalue weighted by Crippen LogP contribution is 2.42. The number of nitrogens with one attached hydrogen (secondary N) is 1. The minimum Gasteiger partial charge on any atom is -0.319 e. The second-order valence-corrected chi connectivity index (χ2v) is 6.12. The summed E-state index contributed by atoms with van der Waals surface area (Å²) in [4.78, 5) is 1.48. The molecule has 0 amide bonds. The molecule has 1 unspecified atom stereocenters. The Bertz CT molecular complexity index is 326. The molecule has 0 rings (SSSR count). The Balaban J connectivity index is 4.54. The van der Waals surface area contributed by atoms with Crippen LogP contribution in [0.2, 0.25) is 0 Å². The molecule has 0 aliphatic rings. The lowest BCUT2D eigenvalue weighted by Crippen LogP contribution is -2.34. The van der Waals surface area contributed by atoms with Gasteiger partial charge in [0.25, 0.3) is 0 Å². The van der Waals surface area contributed by atoms with Crippen molar-refractivity contribution in [3.05, 3.63) is 23.0 Å². The van der Waals surface area contributed by atoms with Gasteiger partial charge in [0.2, 0.25) is 0 Å². The molecule has 112 valence electrons. The summed E-state index contributed by atoms with van der Waals surface area (Å²) in [5.41, 5.74) is -0.803. The maximum Gasteiger partial charge on any atom is 0.522 e. The first-order valence-corrected chi connectivity index (χ1v) is 6.76. The molecule has 0 aliphatic carbocycles. The topological polar surface area (TPSA) is 21.3 Å². The van der Waals surface area contributed by atoms with E-state index in [-0.39, 0.29) is 0 Å². The van der Waals surface area contributed by atoms with Crippen LogP contribution >= 0.6 is 11.8 Å². The summed E-state index contributed by atoms with van der Waals surface area (Å²) in [7, 11) is 1.83. The van der Waals surface area contributed by atoms with Gasteiger partial charge in [0.15, 0.2) is 0 Å². The maximum absolute atomic E-state index is 12.2. The van der Waals surface area contributed by atoms with Crippen molar-refractivity contribution in [2.24, 2.45) is 5.41 Å². The van der Waals surface area contributed by atoms with Crippen molar-refractivity contribution in [2.75, 3.05) is 13.6 Å². The average molecular weight is 297 g/mol. The van der Waals surface area contributed by atoms with Crippen LogP contribution in [-0.4, -0.2) is 26.1 Å². The maximum atomic E-state index is 12.2. The van der Waals surface area contributed by atoms with Crippen LogP contribution in [0.15, 0.2) is 23.0 Å². The Morgan fingerprint density at radius 2 is 1.84 bits per heavy atom. The van der Waals surface area contributed by atoms with Crippen LogP contribution in [0, 0.1) is 5.41 Å². The van der Waals surface area contributed by atoms with E-state index in [4.69, 9.17) is 0 Å². The third kappa shape index (κ3) is 7.03. The average Bonchev–Trinajstić information content (AvgIpc) is 2.23. The van der Waals surface area contributed by atoms with E-state index in [0.717, 1.165) is 17.9 Å². The first-order valence-electron chi connectivity index (χ1n) is 5.95. The number of alkyl halides is 3. The number of hydrogen-bond donors (Lipinski definition) is 1. The lowest BCUT2D eigenvalue weighted by molar-refractivity contribution is -0.349. The summed E-state index contributed by atoms with van der Waals surface area (Å²) in [6.45, 7) is 13.3. The fraction of sp³-hybridized carbons (Fsp3) is 0.692. The van der Waals surface area contributed by atoms with Gasteiger partial charge in [-0.1, -0.05) is 38.8 Å². The number of thioether (sulfide) groups is 1. The van der Waals surface area contributed by atoms with Crippen molar-refractivity contribution >= 4 is 11.8 Å². The normalized spacial score (nSPS) is 14.3. The van der Waals surface area contributed by atoms with Crippen molar-refractivity contribution in [2.45, 2.75) is 39.7 Å². The van der Waals surface area contributed by atoms with Gasteiger partial charge in [-0.15, -0.1) is 13.2 Å². The summed E-state index contributed by atoms with van der Waals surface area (Å²) < 4.78 is 40.8. The van der Waals surface area contributed by atoms with E-state index in [9.17, 15) is 13.2 Å². The Hall–Kier alpha value is -0.460. The first-order chi connectivity index (χ1) is 8.50. The van der Waals surface area contributed by atoms with Gasteiger partial charge in [-0.25, -0.2) is 0 Å². The third-order valence-electron chi connectivity index (χ3n) is 2.97. The van der Waals surface area contributed by atoms with E-state index in [0.29, 0.717) is 4.91 Å². The summed E-state index contributed by atoms with van der Waals surface area (Å²) in [6, 6.07) is 0. The van der Waals surface area contributed by atoms with Crippen molar-refractivity contribution in [1.82, 2.24) is 5.32 Å². The molecule has 0 aromatic heterocycles. The molecule has 1 atom stereocenters. The van der Waals surface area contributed by atoms with Crippen molar-refractivity contribution in [1.29, 1.82) is 0 Å². The fourth-order valence-corrected chi connectivity index (χ4v) is 2.18. The van der Waals surface area contributed by atoms with E-state index in [1.807, 2.05) is 7.05 Å². The monoisotopic (exact) mass is 297 g/mol. The third-order valence-corrected chi connectivity index (χ3v) is 4.23. The SMILES string of the molecule is C=C(CCNC)SC(=C)C(C)(C)C(C)OC(F)(F)F. The molecule has 0 saturated heterocycles. The molecule has 6 heteroatoms. The van der Waals surface area contributed by atoms with Gasteiger partial charge in [0.05, 0.1) is 6.10 Å². The molecule has 0 radical (unpaired) electrons. The summed E-state index contributed by atoms with van der Waals surface area (Å²) in [5, 5.41) is 2.99. The Labute approximate surface area is 117 Å². The molecule has 0 fully saturated rings. The molecule has 0 aliphatic heterocycles. The van der Waals surface area contributed by atoms with Gasteiger partial charge >= 0.3 is 6.36 Å². The molecule has 0 bridgehead atoms. The van der Waals surface area contributed by atoms with Crippen LogP contribution in [0.5, 0.6) is 0 Å². The molecule has 0 spiro atoms. The van der Waals surface area contributed by atoms with E-state index in [2.05, 4.69) is 23.2 Å². The van der Waals surface area contributed by atoms with Crippen molar-refractivity contribution < 1.29 is 17.9 Å². The predicted molar refractivity (Wildman–Crippen MR) is 74.8 cm³/mol. The van der Waals surface area contributed by atoms with Gasteiger partial charge in [0.1, 0.15) is 0 Å². The largest absolute Gasteiger partial charge is 0.522 e. The molecular weight excluding hydrogens is 275 g/mol. The van der Waals surface area contributed by atoms with Crippen LogP contribution < -0.4 is 5.32 Å². The highest BCUT2D eigenvalue weighted by Gasteiger charge is 2.39. The minimum atomic E-state index is -4.63. The highest BCUT2D eigenvalue weighted by molar-refractivity contribution is 8.06. The zero-order chi connectivity index (χ0) is 15.3. The lowest BCUT2D eigenvalue weighted by atomic mass is 9.87. The number of rotatable bonds is 8. The Morgan fingerprint density at radius 1 is 1.32 bits per heavy atom. The van der Waals surface area contributed by atoms with E-state index < -0.39 is 17.9 Å². The fourth-order valence-electron chi connectivity index (χ4n) is 1.20. The van der Waals surface area contributed by atoms with Gasteiger partial charge in [0, 0.05) is 5.41 Å². The zero-order valence-electron chi connectivity index (χ0n) is 11.9. The van der Waals surface area contributed by atoms with Crippen molar-refractivity contribution in [3.8, 4) is 0 Å². The molecular formula is C13H22F3NOS. The van der Waals surface area contributed by atoms with Crippen LogP contribution in [0.1, 0.15) is 27.2 Å². The molecule has 0 saturated carbocycles. The number of ether oxygens (including phenoxy) is 1. The zero-order valence-corrected chi connectivity index (χ0v) is 12.7. The number of halogens is 3. The van der Waals surface area contributed by atoms with Crippen molar-refractivity contribution in [3.63, 3.8) is 0 Å². The molecule has 2 nitrogen and oxygen atoms in total. The van der Waals surface area contributed by atoms with Crippen LogP contribution in [0.4, 0.5) is 13.2 Å². The quantitative estimate of drug-likeness (QED) is 0.721. The van der Waals surface area contributed by atoms with E-state index in [1.54, 1.807) is 13.8 Å². The van der Waals surface area contributed by atoms with E-state index >= 15 is 0 Å². The smallest absolute Gasteiger partial charge is 0.319 e. The first kappa shape index (κ1) is 18.5. The van der Waals surface area contributed by atoms with Crippen LogP contribution in [0.25, 0.3) is 0 Å². The number of hydrogen-bond acceptors (Lipinski definition) is 3. The molecule has 19 heavy (non-hydrogen) atoms. The second kappa shape index (κ2) is 7.36. The lowest BCUT2D eigenvalue weighted by Gasteiger charge is -2.33. The Morgan fingerprint density at radius 3 is 2.26 bits per heavy atom. The summed E-state index contributed by atoms with van der Waals surface area (Å²) in [5.74, 6) is 0. The standard InChI is InChI=1S/C13H22F3NOS/c1-9(7-8-17-6)19-11(3)12(4,5)10(2)18-13(14,15)16/h10,17H,1,3,7-8H2,2,4-6H3. The summed E-state index contributed by atoms with van der Waals surface area (Å²) >= 11 is 1.32. The van der Waals surface area contributed by atoms with E-state index in [1.165, 1.54) is 18.7 Å². The summed E-state index contributed by atoms with van der Waals surface area (Å²) in [6.07, 6.45) is -4.90. The molecule has 0 aromatic carbocycles. The molecule has 0 heterocycles. The van der Waals surface area contributed by atoms with Gasteiger partial charge in [-0.05, 0) is 36.7 Å². The second-order valence-electron chi connectivity index (χ2n) is 4.84. The minimum absolute atomic E-state index is 0.616. The highest BCUT2D eigenvalue weighted by atomic mass is 32.2. The van der Waals surface area contributed by atoms with Gasteiger partial charge in [-0.2, -0.15) is 0 Å². The van der Waals surface area contributed by atoms with Crippen LogP contribution in [0.3, 0.4) is 0 Å². The van der Waals surface area contributed by atoms with Crippen LogP contribution in [-0.2, 0) is 4.74 Å². The predicted octanol–water partition coefficient (Wildman–Crippen LogP) is 4.31. The van der Waals surface area contributed by atoms with Gasteiger partial charge in [-0.3, -0.25) is 4.74 Å². The molecule has 1 N–H and O–H groups in total. The Kier molecular flexibility index (Phi) is 7.18. The molecule has 0 aromatic rings.